The highest BCUT2D eigenvalue weighted by atomic mass is 15.1. The minimum Gasteiger partial charge on any atom is -0.396 e. The van der Waals surface area contributed by atoms with Gasteiger partial charge in [0.1, 0.15) is 6.07 Å². The summed E-state index contributed by atoms with van der Waals surface area (Å²) in [5, 5.41) is 9.14. The third kappa shape index (κ3) is 2.10. The number of nitrogens with zero attached hydrogens (tertiary/aromatic N) is 2. The van der Waals surface area contributed by atoms with Crippen LogP contribution in [0, 0.1) is 11.3 Å². The number of nitrogen functional groups attached to an aromatic ring is 1. The monoisotopic (exact) mass is 263 g/mol. The van der Waals surface area contributed by atoms with Crippen LogP contribution in [0.15, 0.2) is 42.5 Å². The highest BCUT2D eigenvalue weighted by Gasteiger charge is 2.19. The topological polar surface area (TPSA) is 53.0 Å². The molecular weight excluding hydrogens is 246 g/mol. The van der Waals surface area contributed by atoms with Crippen LogP contribution in [0.4, 0.5) is 17.1 Å². The molecule has 1 heterocycles. The minimum atomic E-state index is 0.546. The van der Waals surface area contributed by atoms with Crippen molar-refractivity contribution in [3.05, 3.63) is 53.6 Å². The summed E-state index contributed by atoms with van der Waals surface area (Å²) in [5.41, 5.74) is 10.8. The molecule has 1 aliphatic heterocycles. The van der Waals surface area contributed by atoms with Gasteiger partial charge in [0, 0.05) is 12.2 Å². The van der Waals surface area contributed by atoms with Gasteiger partial charge in [0.15, 0.2) is 0 Å². The third-order valence-electron chi connectivity index (χ3n) is 3.85. The first kappa shape index (κ1) is 12.6. The lowest BCUT2D eigenvalue weighted by Gasteiger charge is -2.26. The van der Waals surface area contributed by atoms with Gasteiger partial charge in [0.25, 0.3) is 0 Å². The first-order valence-corrected chi connectivity index (χ1v) is 6.95. The lowest BCUT2D eigenvalue weighted by molar-refractivity contribution is 0.761. The molecular formula is C17H17N3. The first-order valence-electron chi connectivity index (χ1n) is 6.95. The lowest BCUT2D eigenvalue weighted by Crippen LogP contribution is -2.19. The Balaban J connectivity index is 2.13. The quantitative estimate of drug-likeness (QED) is 0.799. The molecule has 2 N–H and O–H groups in total. The Kier molecular flexibility index (Phi) is 3.30. The second-order valence-corrected chi connectivity index (χ2v) is 5.09. The van der Waals surface area contributed by atoms with E-state index >= 15 is 0 Å². The molecule has 1 aliphatic rings. The van der Waals surface area contributed by atoms with Gasteiger partial charge in [0.05, 0.1) is 16.9 Å². The van der Waals surface area contributed by atoms with Crippen molar-refractivity contribution >= 4 is 17.1 Å². The van der Waals surface area contributed by atoms with E-state index in [-0.39, 0.29) is 0 Å². The number of fused-ring (bicyclic) bond motifs is 1. The Morgan fingerprint density at radius 3 is 2.65 bits per heavy atom. The second-order valence-electron chi connectivity index (χ2n) is 5.09. The van der Waals surface area contributed by atoms with Gasteiger partial charge in [-0.2, -0.15) is 5.26 Å². The van der Waals surface area contributed by atoms with Gasteiger partial charge in [-0.1, -0.05) is 24.3 Å². The molecule has 2 aromatic rings. The van der Waals surface area contributed by atoms with Crippen LogP contribution in [0.3, 0.4) is 0 Å². The number of nitriles is 1. The largest absolute Gasteiger partial charge is 0.396 e. The molecule has 2 aromatic carbocycles. The lowest BCUT2D eigenvalue weighted by atomic mass is 10.1. The summed E-state index contributed by atoms with van der Waals surface area (Å²) in [6.07, 6.45) is 3.42. The van der Waals surface area contributed by atoms with Crippen molar-refractivity contribution in [1.29, 1.82) is 5.26 Å². The summed E-state index contributed by atoms with van der Waals surface area (Å²) < 4.78 is 0. The van der Waals surface area contributed by atoms with Crippen LogP contribution in [0.1, 0.15) is 24.0 Å². The molecule has 0 fully saturated rings. The zero-order chi connectivity index (χ0) is 13.9. The van der Waals surface area contributed by atoms with Crippen molar-refractivity contribution in [2.45, 2.75) is 19.3 Å². The van der Waals surface area contributed by atoms with Gasteiger partial charge < -0.3 is 10.6 Å². The average Bonchev–Trinajstić information content (AvgIpc) is 2.70. The molecule has 0 atom stereocenters. The van der Waals surface area contributed by atoms with Crippen LogP contribution >= 0.6 is 0 Å². The van der Waals surface area contributed by atoms with Crippen molar-refractivity contribution in [1.82, 2.24) is 0 Å². The Morgan fingerprint density at radius 2 is 1.80 bits per heavy atom. The van der Waals surface area contributed by atoms with Gasteiger partial charge in [0.2, 0.25) is 0 Å². The maximum Gasteiger partial charge on any atom is 0.101 e. The average molecular weight is 263 g/mol. The van der Waals surface area contributed by atoms with Crippen LogP contribution < -0.4 is 10.6 Å². The zero-order valence-electron chi connectivity index (χ0n) is 11.3. The molecule has 0 saturated heterocycles. The number of hydrogen-bond donors (Lipinski definition) is 1. The summed E-state index contributed by atoms with van der Waals surface area (Å²) in [5.74, 6) is 0. The predicted molar refractivity (Wildman–Crippen MR) is 82.0 cm³/mol. The van der Waals surface area contributed by atoms with E-state index in [0.717, 1.165) is 25.1 Å². The molecule has 0 amide bonds. The molecule has 3 heteroatoms. The zero-order valence-corrected chi connectivity index (χ0v) is 11.3. The summed E-state index contributed by atoms with van der Waals surface area (Å²) in [4.78, 5) is 2.25. The van der Waals surface area contributed by atoms with Crippen molar-refractivity contribution in [3.63, 3.8) is 0 Å². The standard InChI is InChI=1S/C17H17N3/c18-12-14-8-5-10-16(17(14)19)20-11-4-3-7-13-6-1-2-9-15(13)20/h1-2,5-6,8-10H,3-4,7,11,19H2. The third-order valence-corrected chi connectivity index (χ3v) is 3.85. The summed E-state index contributed by atoms with van der Waals surface area (Å²) in [6.45, 7) is 0.941. The van der Waals surface area contributed by atoms with Gasteiger partial charge in [-0.25, -0.2) is 0 Å². The normalized spacial score (nSPS) is 14.2. The van der Waals surface area contributed by atoms with E-state index < -0.39 is 0 Å². The van der Waals surface area contributed by atoms with Crippen molar-refractivity contribution in [3.8, 4) is 6.07 Å². The summed E-state index contributed by atoms with van der Waals surface area (Å²) in [6, 6.07) is 16.3. The fourth-order valence-electron chi connectivity index (χ4n) is 2.83. The van der Waals surface area contributed by atoms with E-state index in [1.54, 1.807) is 6.07 Å². The fraction of sp³-hybridized carbons (Fsp3) is 0.235. The minimum absolute atomic E-state index is 0.546. The highest BCUT2D eigenvalue weighted by molar-refractivity contribution is 5.80. The van der Waals surface area contributed by atoms with Crippen molar-refractivity contribution in [2.24, 2.45) is 0 Å². The number of nitrogens with two attached hydrogens (primary N) is 1. The maximum atomic E-state index is 9.14. The molecule has 0 aliphatic carbocycles. The van der Waals surface area contributed by atoms with Gasteiger partial charge >= 0.3 is 0 Å². The fourth-order valence-corrected chi connectivity index (χ4v) is 2.83. The molecule has 20 heavy (non-hydrogen) atoms. The van der Waals surface area contributed by atoms with Crippen LogP contribution in [0.25, 0.3) is 0 Å². The Hall–Kier alpha value is -2.47. The smallest absolute Gasteiger partial charge is 0.101 e. The highest BCUT2D eigenvalue weighted by Crippen LogP contribution is 2.36. The SMILES string of the molecule is N#Cc1cccc(N2CCCCc3ccccc32)c1N. The summed E-state index contributed by atoms with van der Waals surface area (Å²) in [7, 11) is 0. The molecule has 3 rings (SSSR count). The molecule has 0 saturated carbocycles. The number of benzene rings is 2. The molecule has 100 valence electrons. The molecule has 0 unspecified atom stereocenters. The number of para-hydroxylation sites is 2. The van der Waals surface area contributed by atoms with E-state index in [2.05, 4.69) is 35.2 Å². The van der Waals surface area contributed by atoms with Crippen LogP contribution in [-0.2, 0) is 6.42 Å². The second kappa shape index (κ2) is 5.26. The van der Waals surface area contributed by atoms with E-state index in [4.69, 9.17) is 11.0 Å². The number of anilines is 3. The van der Waals surface area contributed by atoms with Gasteiger partial charge in [-0.15, -0.1) is 0 Å². The Labute approximate surface area is 119 Å². The van der Waals surface area contributed by atoms with Crippen LogP contribution in [0.2, 0.25) is 0 Å². The van der Waals surface area contributed by atoms with E-state index in [9.17, 15) is 0 Å². The number of aryl methyl sites for hydroxylation is 1. The van der Waals surface area contributed by atoms with Crippen LogP contribution in [0.5, 0.6) is 0 Å². The van der Waals surface area contributed by atoms with Crippen LogP contribution in [-0.4, -0.2) is 6.54 Å². The first-order chi connectivity index (χ1) is 9.81. The predicted octanol–water partition coefficient (Wildman–Crippen LogP) is 3.61. The molecule has 0 bridgehead atoms. The van der Waals surface area contributed by atoms with Crippen molar-refractivity contribution in [2.75, 3.05) is 17.2 Å². The number of rotatable bonds is 1. The van der Waals surface area contributed by atoms with Crippen molar-refractivity contribution < 1.29 is 0 Å². The van der Waals surface area contributed by atoms with Gasteiger partial charge in [-0.05, 0) is 43.0 Å². The number of hydrogen-bond acceptors (Lipinski definition) is 3. The molecule has 0 radical (unpaired) electrons. The molecule has 3 nitrogen and oxygen atoms in total. The Morgan fingerprint density at radius 1 is 1.00 bits per heavy atom. The van der Waals surface area contributed by atoms with E-state index in [0.29, 0.717) is 11.3 Å². The van der Waals surface area contributed by atoms with E-state index in [1.165, 1.54) is 17.7 Å². The van der Waals surface area contributed by atoms with Gasteiger partial charge in [-0.3, -0.25) is 0 Å². The molecule has 0 aromatic heterocycles. The molecule has 0 spiro atoms. The maximum absolute atomic E-state index is 9.14. The van der Waals surface area contributed by atoms with E-state index in [1.807, 2.05) is 12.1 Å². The Bertz CT molecular complexity index is 670. The summed E-state index contributed by atoms with van der Waals surface area (Å²) >= 11 is 0.